The van der Waals surface area contributed by atoms with Crippen LogP contribution < -0.4 is 0 Å². The van der Waals surface area contributed by atoms with E-state index in [-0.39, 0.29) is 0 Å². The monoisotopic (exact) mass is 297 g/mol. The normalized spacial score (nSPS) is 11.7. The molecule has 0 unspecified atom stereocenters. The summed E-state index contributed by atoms with van der Waals surface area (Å²) in [6, 6.07) is 21.1. The molecule has 2 heteroatoms. The van der Waals surface area contributed by atoms with E-state index in [2.05, 4.69) is 66.5 Å². The summed E-state index contributed by atoms with van der Waals surface area (Å²) in [6.07, 6.45) is 1.86. The number of H-pyrrole nitrogens is 1. The maximum atomic E-state index is 5.95. The maximum absolute atomic E-state index is 5.95. The van der Waals surface area contributed by atoms with Crippen molar-refractivity contribution >= 4 is 32.8 Å². The van der Waals surface area contributed by atoms with Gasteiger partial charge in [0, 0.05) is 27.2 Å². The minimum atomic E-state index is 0.928. The third-order valence-corrected chi connectivity index (χ3v) is 4.64. The summed E-state index contributed by atoms with van der Waals surface area (Å²) < 4.78 is 5.95. The molecule has 5 aromatic rings. The van der Waals surface area contributed by atoms with Crippen molar-refractivity contribution in [1.82, 2.24) is 4.98 Å². The van der Waals surface area contributed by atoms with Crippen molar-refractivity contribution in [2.24, 2.45) is 0 Å². The Labute approximate surface area is 133 Å². The topological polar surface area (TPSA) is 28.9 Å². The standard InChI is InChI=1S/C21H15NO/c1-13-6-5-9-15-16-10-11-17-18(14-7-3-2-4-8-14)12-23-21(17)20(16)22-19(13)15/h2-12,22H,1H3. The van der Waals surface area contributed by atoms with Crippen molar-refractivity contribution in [2.75, 3.05) is 0 Å². The summed E-state index contributed by atoms with van der Waals surface area (Å²) in [6.45, 7) is 2.13. The van der Waals surface area contributed by atoms with E-state index in [4.69, 9.17) is 4.42 Å². The van der Waals surface area contributed by atoms with Crippen LogP contribution in [0.25, 0.3) is 43.9 Å². The molecule has 0 bridgehead atoms. The van der Waals surface area contributed by atoms with E-state index in [1.165, 1.54) is 27.4 Å². The molecule has 0 spiro atoms. The van der Waals surface area contributed by atoms with Crippen molar-refractivity contribution in [3.05, 3.63) is 72.5 Å². The van der Waals surface area contributed by atoms with E-state index in [1.54, 1.807) is 0 Å². The van der Waals surface area contributed by atoms with Gasteiger partial charge in [-0.2, -0.15) is 0 Å². The number of aryl methyl sites for hydroxylation is 1. The van der Waals surface area contributed by atoms with Crippen LogP contribution in [0, 0.1) is 6.92 Å². The molecule has 2 heterocycles. The molecular formula is C21H15NO. The molecule has 110 valence electrons. The maximum Gasteiger partial charge on any atom is 0.158 e. The van der Waals surface area contributed by atoms with Crippen molar-refractivity contribution in [3.63, 3.8) is 0 Å². The van der Waals surface area contributed by atoms with E-state index in [1.807, 2.05) is 12.3 Å². The summed E-state index contributed by atoms with van der Waals surface area (Å²) in [5, 5.41) is 3.61. The fraction of sp³-hybridized carbons (Fsp3) is 0.0476. The van der Waals surface area contributed by atoms with Crippen LogP contribution in [0.3, 0.4) is 0 Å². The van der Waals surface area contributed by atoms with Crippen molar-refractivity contribution < 1.29 is 4.42 Å². The van der Waals surface area contributed by atoms with Gasteiger partial charge in [-0.1, -0.05) is 54.6 Å². The van der Waals surface area contributed by atoms with Gasteiger partial charge in [-0.3, -0.25) is 0 Å². The molecule has 0 radical (unpaired) electrons. The first-order chi connectivity index (χ1) is 11.3. The van der Waals surface area contributed by atoms with E-state index in [0.29, 0.717) is 0 Å². The number of benzene rings is 3. The number of furan rings is 1. The van der Waals surface area contributed by atoms with Crippen LogP contribution in [-0.2, 0) is 0 Å². The second-order valence-electron chi connectivity index (χ2n) is 6.00. The Hall–Kier alpha value is -3.00. The lowest BCUT2D eigenvalue weighted by Gasteiger charge is -1.98. The third-order valence-electron chi connectivity index (χ3n) is 4.64. The zero-order chi connectivity index (χ0) is 15.4. The second-order valence-corrected chi connectivity index (χ2v) is 6.00. The number of hydrogen-bond donors (Lipinski definition) is 1. The molecule has 0 aliphatic carbocycles. The number of nitrogens with one attached hydrogen (secondary N) is 1. The number of aromatic amines is 1. The summed E-state index contributed by atoms with van der Waals surface area (Å²) in [4.78, 5) is 3.56. The number of rotatable bonds is 1. The lowest BCUT2D eigenvalue weighted by atomic mass is 10.0. The Kier molecular flexibility index (Phi) is 2.45. The molecule has 3 aromatic carbocycles. The molecule has 23 heavy (non-hydrogen) atoms. The van der Waals surface area contributed by atoms with Gasteiger partial charge in [0.2, 0.25) is 0 Å². The first-order valence-corrected chi connectivity index (χ1v) is 7.79. The van der Waals surface area contributed by atoms with E-state index in [9.17, 15) is 0 Å². The van der Waals surface area contributed by atoms with Crippen LogP contribution in [0.1, 0.15) is 5.56 Å². The SMILES string of the molecule is Cc1cccc2c1[nH]c1c2ccc2c(-c3ccccc3)coc21. The van der Waals surface area contributed by atoms with Gasteiger partial charge < -0.3 is 9.40 Å². The van der Waals surface area contributed by atoms with Gasteiger partial charge >= 0.3 is 0 Å². The third kappa shape index (κ3) is 1.69. The Morgan fingerprint density at radius 1 is 0.739 bits per heavy atom. The van der Waals surface area contributed by atoms with Crippen LogP contribution in [0.5, 0.6) is 0 Å². The molecule has 0 fully saturated rings. The molecule has 5 rings (SSSR count). The molecule has 2 nitrogen and oxygen atoms in total. The van der Waals surface area contributed by atoms with Crippen molar-refractivity contribution in [2.45, 2.75) is 6.92 Å². The summed E-state index contributed by atoms with van der Waals surface area (Å²) in [5.41, 5.74) is 6.76. The van der Waals surface area contributed by atoms with Crippen molar-refractivity contribution in [3.8, 4) is 11.1 Å². The van der Waals surface area contributed by atoms with Crippen LogP contribution in [0.15, 0.2) is 71.3 Å². The van der Waals surface area contributed by atoms with Crippen molar-refractivity contribution in [1.29, 1.82) is 0 Å². The van der Waals surface area contributed by atoms with Gasteiger partial charge in [0.25, 0.3) is 0 Å². The molecule has 0 saturated heterocycles. The van der Waals surface area contributed by atoms with Gasteiger partial charge in [-0.15, -0.1) is 0 Å². The lowest BCUT2D eigenvalue weighted by Crippen LogP contribution is -1.75. The second kappa shape index (κ2) is 4.50. The fourth-order valence-electron chi connectivity index (χ4n) is 3.47. The molecule has 0 aliphatic heterocycles. The van der Waals surface area contributed by atoms with Crippen LogP contribution in [0.2, 0.25) is 0 Å². The average molecular weight is 297 g/mol. The number of fused-ring (bicyclic) bond motifs is 5. The van der Waals surface area contributed by atoms with Gasteiger partial charge in [-0.25, -0.2) is 0 Å². The minimum Gasteiger partial charge on any atom is -0.461 e. The highest BCUT2D eigenvalue weighted by atomic mass is 16.3. The first kappa shape index (κ1) is 12.5. The summed E-state index contributed by atoms with van der Waals surface area (Å²) in [7, 11) is 0. The number of para-hydroxylation sites is 1. The average Bonchev–Trinajstić information content (AvgIpc) is 3.17. The van der Waals surface area contributed by atoms with Gasteiger partial charge in [-0.05, 0) is 24.1 Å². The zero-order valence-electron chi connectivity index (χ0n) is 12.8. The van der Waals surface area contributed by atoms with Gasteiger partial charge in [0.05, 0.1) is 11.8 Å². The molecular weight excluding hydrogens is 282 g/mol. The van der Waals surface area contributed by atoms with Crippen LogP contribution in [-0.4, -0.2) is 4.98 Å². The molecule has 0 saturated carbocycles. The van der Waals surface area contributed by atoms with Gasteiger partial charge in [0.15, 0.2) is 5.58 Å². The van der Waals surface area contributed by atoms with E-state index >= 15 is 0 Å². The van der Waals surface area contributed by atoms with Crippen LogP contribution >= 0.6 is 0 Å². The molecule has 0 aliphatic rings. The number of hydrogen-bond acceptors (Lipinski definition) is 1. The Bertz CT molecular complexity index is 1160. The molecule has 0 amide bonds. The molecule has 2 aromatic heterocycles. The molecule has 1 N–H and O–H groups in total. The lowest BCUT2D eigenvalue weighted by molar-refractivity contribution is 0.619. The first-order valence-electron chi connectivity index (χ1n) is 7.79. The van der Waals surface area contributed by atoms with E-state index in [0.717, 1.165) is 22.0 Å². The highest BCUT2D eigenvalue weighted by Gasteiger charge is 2.14. The zero-order valence-corrected chi connectivity index (χ0v) is 12.8. The quantitative estimate of drug-likeness (QED) is 0.401. The smallest absolute Gasteiger partial charge is 0.158 e. The minimum absolute atomic E-state index is 0.928. The Morgan fingerprint density at radius 2 is 1.52 bits per heavy atom. The summed E-state index contributed by atoms with van der Waals surface area (Å²) >= 11 is 0. The Morgan fingerprint density at radius 3 is 2.39 bits per heavy atom. The van der Waals surface area contributed by atoms with Crippen LogP contribution in [0.4, 0.5) is 0 Å². The predicted octanol–water partition coefficient (Wildman–Crippen LogP) is 6.04. The highest BCUT2D eigenvalue weighted by Crippen LogP contribution is 2.37. The fourth-order valence-corrected chi connectivity index (χ4v) is 3.47. The summed E-state index contributed by atoms with van der Waals surface area (Å²) in [5.74, 6) is 0. The molecule has 0 atom stereocenters. The van der Waals surface area contributed by atoms with E-state index < -0.39 is 0 Å². The van der Waals surface area contributed by atoms with Gasteiger partial charge in [0.1, 0.15) is 0 Å². The highest BCUT2D eigenvalue weighted by molar-refractivity contribution is 6.17. The number of aromatic nitrogens is 1. The Balaban J connectivity index is 1.90. The largest absolute Gasteiger partial charge is 0.461 e. The predicted molar refractivity (Wildman–Crippen MR) is 95.7 cm³/mol.